The van der Waals surface area contributed by atoms with Gasteiger partial charge in [0.1, 0.15) is 0 Å². The lowest BCUT2D eigenvalue weighted by molar-refractivity contribution is 0.470. The molecule has 1 heterocycles. The Morgan fingerprint density at radius 2 is 1.96 bits per heavy atom. The lowest BCUT2D eigenvalue weighted by Crippen LogP contribution is -2.39. The second kappa shape index (κ2) is 12.0. The molecule has 1 aromatic carbocycles. The van der Waals surface area contributed by atoms with Gasteiger partial charge in [0, 0.05) is 38.9 Å². The molecule has 0 atom stereocenters. The minimum absolute atomic E-state index is 0. The largest absolute Gasteiger partial charge is 0.364 e. The maximum Gasteiger partial charge on any atom is 0.193 e. The first-order valence-corrected chi connectivity index (χ1v) is 8.83. The fraction of sp³-hybridized carbons (Fsp3) is 0.450. The van der Waals surface area contributed by atoms with E-state index in [1.807, 2.05) is 6.08 Å². The highest BCUT2D eigenvalue weighted by Crippen LogP contribution is 2.18. The number of hydrogen-bond acceptors (Lipinski definition) is 2. The van der Waals surface area contributed by atoms with Gasteiger partial charge < -0.3 is 15.1 Å². The van der Waals surface area contributed by atoms with E-state index in [0.29, 0.717) is 6.54 Å². The number of halogens is 1. The Balaban J connectivity index is 0.00000312. The topological polar surface area (TPSA) is 30.9 Å². The van der Waals surface area contributed by atoms with Crippen LogP contribution in [-0.4, -0.2) is 44.1 Å². The van der Waals surface area contributed by atoms with Gasteiger partial charge in [-0.25, -0.2) is 4.99 Å². The van der Waals surface area contributed by atoms with Gasteiger partial charge >= 0.3 is 0 Å². The molecular formula is C20H31IN4. The van der Waals surface area contributed by atoms with Crippen molar-refractivity contribution in [3.63, 3.8) is 0 Å². The minimum Gasteiger partial charge on any atom is -0.364 e. The van der Waals surface area contributed by atoms with E-state index in [1.54, 1.807) is 0 Å². The van der Waals surface area contributed by atoms with E-state index in [2.05, 4.69) is 72.1 Å². The maximum absolute atomic E-state index is 4.77. The number of nitrogens with one attached hydrogen (secondary N) is 1. The number of aliphatic imine (C=N–C) groups is 1. The van der Waals surface area contributed by atoms with Crippen LogP contribution in [0.2, 0.25) is 0 Å². The molecule has 1 aliphatic rings. The number of anilines is 1. The zero-order valence-electron chi connectivity index (χ0n) is 15.4. The predicted octanol–water partition coefficient (Wildman–Crippen LogP) is 4.04. The summed E-state index contributed by atoms with van der Waals surface area (Å²) in [5.74, 6) is 0.967. The fourth-order valence-electron chi connectivity index (χ4n) is 2.72. The van der Waals surface area contributed by atoms with Crippen LogP contribution in [-0.2, 0) is 6.54 Å². The molecule has 0 aromatic heterocycles. The summed E-state index contributed by atoms with van der Waals surface area (Å²) in [6.07, 6.45) is 8.53. The number of benzene rings is 1. The molecule has 1 N–H and O–H groups in total. The molecular weight excluding hydrogens is 423 g/mol. The number of unbranched alkanes of at least 4 members (excludes halogenated alkanes) is 1. The molecule has 0 unspecified atom stereocenters. The quantitative estimate of drug-likeness (QED) is 0.212. The summed E-state index contributed by atoms with van der Waals surface area (Å²) in [4.78, 5) is 9.31. The number of nitrogens with zero attached hydrogens (tertiary/aromatic N) is 3. The molecule has 0 aliphatic carbocycles. The summed E-state index contributed by atoms with van der Waals surface area (Å²) in [5.41, 5.74) is 2.52. The van der Waals surface area contributed by atoms with Crippen LogP contribution in [0.1, 0.15) is 25.3 Å². The molecule has 0 bridgehead atoms. The Bertz CT molecular complexity index is 558. The normalized spacial score (nSPS) is 13.5. The monoisotopic (exact) mass is 454 g/mol. The van der Waals surface area contributed by atoms with Gasteiger partial charge in [-0.3, -0.25) is 0 Å². The highest BCUT2D eigenvalue weighted by Gasteiger charge is 2.08. The molecule has 5 heteroatoms. The smallest absolute Gasteiger partial charge is 0.193 e. The van der Waals surface area contributed by atoms with Crippen LogP contribution >= 0.6 is 24.0 Å². The van der Waals surface area contributed by atoms with Crippen LogP contribution in [0.25, 0.3) is 0 Å². The minimum atomic E-state index is 0. The van der Waals surface area contributed by atoms with Gasteiger partial charge in [-0.05, 0) is 37.5 Å². The van der Waals surface area contributed by atoms with Crippen LogP contribution in [0.15, 0.2) is 54.1 Å². The first-order chi connectivity index (χ1) is 11.7. The molecule has 0 spiro atoms. The lowest BCUT2D eigenvalue weighted by atomic mass is 10.2. The van der Waals surface area contributed by atoms with E-state index in [9.17, 15) is 0 Å². The molecule has 1 aromatic rings. The zero-order chi connectivity index (χ0) is 17.2. The van der Waals surface area contributed by atoms with Crippen LogP contribution in [0, 0.1) is 0 Å². The van der Waals surface area contributed by atoms with Gasteiger partial charge in [-0.1, -0.05) is 30.4 Å². The molecule has 0 fully saturated rings. The first kappa shape index (κ1) is 21.5. The molecule has 2 rings (SSSR count). The van der Waals surface area contributed by atoms with Crippen molar-refractivity contribution in [3.8, 4) is 0 Å². The molecule has 0 radical (unpaired) electrons. The third kappa shape index (κ3) is 7.10. The Morgan fingerprint density at radius 1 is 1.28 bits per heavy atom. The number of hydrogen-bond donors (Lipinski definition) is 1. The van der Waals surface area contributed by atoms with Crippen LogP contribution in [0.4, 0.5) is 5.69 Å². The third-order valence-corrected chi connectivity index (χ3v) is 4.13. The van der Waals surface area contributed by atoms with E-state index >= 15 is 0 Å². The van der Waals surface area contributed by atoms with Gasteiger partial charge in [-0.15, -0.1) is 30.6 Å². The summed E-state index contributed by atoms with van der Waals surface area (Å²) >= 11 is 0. The first-order valence-electron chi connectivity index (χ1n) is 8.83. The van der Waals surface area contributed by atoms with E-state index in [4.69, 9.17) is 4.99 Å². The van der Waals surface area contributed by atoms with Gasteiger partial charge in [0.2, 0.25) is 0 Å². The lowest BCUT2D eigenvalue weighted by Gasteiger charge is -2.22. The molecule has 4 nitrogen and oxygen atoms in total. The second-order valence-corrected chi connectivity index (χ2v) is 6.07. The number of guanidine groups is 1. The molecule has 138 valence electrons. The standard InChI is InChI=1S/C20H30N4.HI/c1-4-6-7-14-23(3)20(21-5-2)22-17-18-10-12-19(13-11-18)24-15-8-9-16-24;/h4,8-13H,1,5-7,14-17H2,2-3H3,(H,21,22);1H. The van der Waals surface area contributed by atoms with Crippen molar-refractivity contribution < 1.29 is 0 Å². The number of allylic oxidation sites excluding steroid dienone is 1. The fourth-order valence-corrected chi connectivity index (χ4v) is 2.72. The molecule has 0 amide bonds. The summed E-state index contributed by atoms with van der Waals surface area (Å²) in [5, 5.41) is 3.37. The predicted molar refractivity (Wildman–Crippen MR) is 120 cm³/mol. The van der Waals surface area contributed by atoms with Crippen molar-refractivity contribution >= 4 is 35.6 Å². The van der Waals surface area contributed by atoms with Gasteiger partial charge in [-0.2, -0.15) is 0 Å². The van der Waals surface area contributed by atoms with Gasteiger partial charge in [0.25, 0.3) is 0 Å². The molecule has 0 saturated heterocycles. The van der Waals surface area contributed by atoms with Crippen molar-refractivity contribution in [2.24, 2.45) is 4.99 Å². The summed E-state index contributed by atoms with van der Waals surface area (Å²) in [6.45, 7) is 10.5. The third-order valence-electron chi connectivity index (χ3n) is 4.13. The van der Waals surface area contributed by atoms with Gasteiger partial charge in [0.05, 0.1) is 6.54 Å². The summed E-state index contributed by atoms with van der Waals surface area (Å²) in [7, 11) is 2.09. The number of rotatable bonds is 8. The molecule has 25 heavy (non-hydrogen) atoms. The Hall–Kier alpha value is -1.50. The maximum atomic E-state index is 4.77. The molecule has 1 aliphatic heterocycles. The summed E-state index contributed by atoms with van der Waals surface area (Å²) in [6, 6.07) is 8.74. The summed E-state index contributed by atoms with van der Waals surface area (Å²) < 4.78 is 0. The van der Waals surface area contributed by atoms with Crippen molar-refractivity contribution in [2.75, 3.05) is 38.1 Å². The Labute approximate surface area is 169 Å². The van der Waals surface area contributed by atoms with E-state index in [1.165, 1.54) is 11.3 Å². The van der Waals surface area contributed by atoms with Crippen molar-refractivity contribution in [2.45, 2.75) is 26.3 Å². The Morgan fingerprint density at radius 3 is 2.56 bits per heavy atom. The van der Waals surface area contributed by atoms with Crippen LogP contribution < -0.4 is 10.2 Å². The molecule has 0 saturated carbocycles. The van der Waals surface area contributed by atoms with E-state index < -0.39 is 0 Å². The van der Waals surface area contributed by atoms with E-state index in [-0.39, 0.29) is 24.0 Å². The highest BCUT2D eigenvalue weighted by atomic mass is 127. The average molecular weight is 454 g/mol. The second-order valence-electron chi connectivity index (χ2n) is 6.07. The van der Waals surface area contributed by atoms with Crippen molar-refractivity contribution in [1.82, 2.24) is 10.2 Å². The Kier molecular flexibility index (Phi) is 10.3. The van der Waals surface area contributed by atoms with Crippen molar-refractivity contribution in [1.29, 1.82) is 0 Å². The van der Waals surface area contributed by atoms with Crippen LogP contribution in [0.5, 0.6) is 0 Å². The zero-order valence-corrected chi connectivity index (χ0v) is 17.8. The SMILES string of the molecule is C=CCCCN(C)C(=NCc1ccc(N2CC=CC2)cc1)NCC.I. The van der Waals surface area contributed by atoms with Gasteiger partial charge in [0.15, 0.2) is 5.96 Å². The van der Waals surface area contributed by atoms with Crippen molar-refractivity contribution in [3.05, 3.63) is 54.6 Å². The highest BCUT2D eigenvalue weighted by molar-refractivity contribution is 14.0. The van der Waals surface area contributed by atoms with Crippen LogP contribution in [0.3, 0.4) is 0 Å². The average Bonchev–Trinajstić information content (AvgIpc) is 3.14. The van der Waals surface area contributed by atoms with E-state index in [0.717, 1.165) is 45.0 Å².